The molecule has 1 N–H and O–H groups in total. The molecule has 28 heavy (non-hydrogen) atoms. The number of benzene rings is 3. The summed E-state index contributed by atoms with van der Waals surface area (Å²) in [5, 5.41) is 10.8. The number of carbonyl (C=O) groups is 1. The van der Waals surface area contributed by atoms with Crippen LogP contribution in [0.3, 0.4) is 0 Å². The first-order valence-corrected chi connectivity index (χ1v) is 9.16. The van der Waals surface area contributed by atoms with Crippen LogP contribution < -0.4 is 4.74 Å². The number of rotatable bonds is 5. The van der Waals surface area contributed by atoms with Crippen LogP contribution in [0, 0.1) is 0 Å². The molecule has 4 heteroatoms. The minimum absolute atomic E-state index is 0.192. The van der Waals surface area contributed by atoms with Gasteiger partial charge in [-0.25, -0.2) is 0 Å². The Hall–Kier alpha value is -3.53. The lowest BCUT2D eigenvalue weighted by Crippen LogP contribution is -2.29. The third-order valence-corrected chi connectivity index (χ3v) is 5.02. The van der Waals surface area contributed by atoms with Gasteiger partial charge in [-0.1, -0.05) is 72.8 Å². The van der Waals surface area contributed by atoms with Gasteiger partial charge in [0.05, 0.1) is 13.2 Å². The first kappa shape index (κ1) is 17.9. The van der Waals surface area contributed by atoms with Gasteiger partial charge in [0, 0.05) is 12.1 Å². The molecule has 0 fully saturated rings. The van der Waals surface area contributed by atoms with E-state index in [0.29, 0.717) is 12.1 Å². The van der Waals surface area contributed by atoms with E-state index in [-0.39, 0.29) is 17.7 Å². The largest absolute Gasteiger partial charge is 0.503 e. The minimum atomic E-state index is -0.374. The fourth-order valence-electron chi connectivity index (χ4n) is 3.64. The summed E-state index contributed by atoms with van der Waals surface area (Å²) >= 11 is 0. The van der Waals surface area contributed by atoms with Gasteiger partial charge >= 0.3 is 0 Å². The molecular weight excluding hydrogens is 350 g/mol. The summed E-state index contributed by atoms with van der Waals surface area (Å²) < 4.78 is 5.27. The van der Waals surface area contributed by atoms with Gasteiger partial charge in [-0.3, -0.25) is 4.79 Å². The van der Waals surface area contributed by atoms with E-state index in [1.165, 1.54) is 0 Å². The fourth-order valence-corrected chi connectivity index (χ4v) is 3.64. The van der Waals surface area contributed by atoms with E-state index in [2.05, 4.69) is 0 Å². The molecule has 1 aliphatic rings. The molecular formula is C24H21NO3. The predicted molar refractivity (Wildman–Crippen MR) is 109 cm³/mol. The summed E-state index contributed by atoms with van der Waals surface area (Å²) in [6.07, 6.45) is 0. The molecule has 4 rings (SSSR count). The van der Waals surface area contributed by atoms with Gasteiger partial charge in [-0.2, -0.15) is 0 Å². The molecule has 0 aromatic heterocycles. The summed E-state index contributed by atoms with van der Waals surface area (Å²) in [6, 6.07) is 26.6. The van der Waals surface area contributed by atoms with Gasteiger partial charge in [-0.05, 0) is 28.8 Å². The van der Waals surface area contributed by atoms with Crippen LogP contribution in [0.4, 0.5) is 0 Å². The Bertz CT molecular complexity index is 995. The molecule has 1 aliphatic heterocycles. The highest BCUT2D eigenvalue weighted by molar-refractivity contribution is 6.05. The van der Waals surface area contributed by atoms with E-state index in [1.807, 2.05) is 84.9 Å². The minimum Gasteiger partial charge on any atom is -0.503 e. The van der Waals surface area contributed by atoms with Crippen molar-refractivity contribution in [3.63, 3.8) is 0 Å². The second-order valence-corrected chi connectivity index (χ2v) is 6.72. The van der Waals surface area contributed by atoms with Crippen LogP contribution in [0.1, 0.15) is 22.7 Å². The topological polar surface area (TPSA) is 49.8 Å². The number of carbonyl (C=O) groups excluding carboxylic acids is 1. The maximum atomic E-state index is 13.0. The molecule has 0 aliphatic carbocycles. The van der Waals surface area contributed by atoms with Crippen molar-refractivity contribution in [2.24, 2.45) is 0 Å². The number of aliphatic hydroxyl groups is 1. The quantitative estimate of drug-likeness (QED) is 0.704. The summed E-state index contributed by atoms with van der Waals surface area (Å²) in [5.74, 6) is 0.198. The van der Waals surface area contributed by atoms with Crippen molar-refractivity contribution in [1.29, 1.82) is 0 Å². The molecule has 0 saturated heterocycles. The van der Waals surface area contributed by atoms with Crippen molar-refractivity contribution in [3.05, 3.63) is 107 Å². The molecule has 3 aromatic carbocycles. The number of amides is 1. The normalized spacial score (nSPS) is 16.5. The van der Waals surface area contributed by atoms with Gasteiger partial charge in [0.25, 0.3) is 5.91 Å². The lowest BCUT2D eigenvalue weighted by atomic mass is 9.93. The summed E-state index contributed by atoms with van der Waals surface area (Å²) in [4.78, 5) is 14.7. The molecule has 1 heterocycles. The van der Waals surface area contributed by atoms with E-state index in [4.69, 9.17) is 4.74 Å². The molecule has 3 aromatic rings. The van der Waals surface area contributed by atoms with Crippen molar-refractivity contribution in [3.8, 4) is 5.75 Å². The van der Waals surface area contributed by atoms with Gasteiger partial charge < -0.3 is 14.7 Å². The molecule has 1 amide bonds. The Morgan fingerprint density at radius 1 is 0.893 bits per heavy atom. The van der Waals surface area contributed by atoms with E-state index >= 15 is 0 Å². The van der Waals surface area contributed by atoms with Crippen LogP contribution in [0.5, 0.6) is 5.75 Å². The number of methoxy groups -OCH3 is 1. The summed E-state index contributed by atoms with van der Waals surface area (Å²) in [7, 11) is 1.62. The predicted octanol–water partition coefficient (Wildman–Crippen LogP) is 4.75. The maximum Gasteiger partial charge on any atom is 0.290 e. The zero-order valence-electron chi connectivity index (χ0n) is 15.6. The van der Waals surface area contributed by atoms with Gasteiger partial charge in [0.2, 0.25) is 0 Å². The second-order valence-electron chi connectivity index (χ2n) is 6.72. The average Bonchev–Trinajstić information content (AvgIpc) is 3.00. The van der Waals surface area contributed by atoms with E-state index in [0.717, 1.165) is 22.4 Å². The smallest absolute Gasteiger partial charge is 0.290 e. The van der Waals surface area contributed by atoms with Gasteiger partial charge in [-0.15, -0.1) is 0 Å². The molecule has 0 bridgehead atoms. The van der Waals surface area contributed by atoms with Crippen molar-refractivity contribution in [1.82, 2.24) is 4.90 Å². The van der Waals surface area contributed by atoms with Crippen molar-refractivity contribution in [2.75, 3.05) is 7.11 Å². The molecule has 4 nitrogen and oxygen atoms in total. The fraction of sp³-hybridized carbons (Fsp3) is 0.125. The second kappa shape index (κ2) is 7.61. The maximum absolute atomic E-state index is 13.0. The van der Waals surface area contributed by atoms with Crippen LogP contribution in [0.2, 0.25) is 0 Å². The monoisotopic (exact) mass is 371 g/mol. The van der Waals surface area contributed by atoms with E-state index < -0.39 is 0 Å². The first-order chi connectivity index (χ1) is 13.7. The van der Waals surface area contributed by atoms with Gasteiger partial charge in [0.15, 0.2) is 5.76 Å². The summed E-state index contributed by atoms with van der Waals surface area (Å²) in [6.45, 7) is 0.413. The Balaban J connectivity index is 1.80. The zero-order valence-corrected chi connectivity index (χ0v) is 15.6. The first-order valence-electron chi connectivity index (χ1n) is 9.16. The van der Waals surface area contributed by atoms with Crippen molar-refractivity contribution in [2.45, 2.75) is 12.6 Å². The number of hydrogen-bond donors (Lipinski definition) is 1. The standard InChI is InChI=1S/C24H21NO3/c1-28-20-14-12-19(13-15-20)22-21(18-10-6-3-7-11-18)23(26)24(27)25(22)16-17-8-4-2-5-9-17/h2-15,22,26H,16H2,1H3. The van der Waals surface area contributed by atoms with E-state index in [1.54, 1.807) is 12.0 Å². The third kappa shape index (κ3) is 3.25. The SMILES string of the molecule is COc1ccc(C2C(c3ccccc3)=C(O)C(=O)N2Cc2ccccc2)cc1. The van der Waals surface area contributed by atoms with Crippen LogP contribution >= 0.6 is 0 Å². The third-order valence-electron chi connectivity index (χ3n) is 5.02. The Kier molecular flexibility index (Phi) is 4.85. The van der Waals surface area contributed by atoms with Crippen LogP contribution in [-0.4, -0.2) is 23.0 Å². The molecule has 0 saturated carbocycles. The molecule has 1 atom stereocenters. The van der Waals surface area contributed by atoms with Crippen LogP contribution in [0.15, 0.2) is 90.7 Å². The Labute approximate surface area is 164 Å². The highest BCUT2D eigenvalue weighted by atomic mass is 16.5. The Morgan fingerprint density at radius 2 is 1.50 bits per heavy atom. The highest BCUT2D eigenvalue weighted by Crippen LogP contribution is 2.43. The molecule has 0 radical (unpaired) electrons. The molecule has 140 valence electrons. The molecule has 0 spiro atoms. The number of nitrogens with zero attached hydrogens (tertiary/aromatic N) is 1. The zero-order chi connectivity index (χ0) is 19.5. The summed E-state index contributed by atoms with van der Waals surface area (Å²) in [5.41, 5.74) is 3.40. The van der Waals surface area contributed by atoms with Crippen molar-refractivity contribution >= 4 is 11.5 Å². The number of ether oxygens (including phenoxy) is 1. The average molecular weight is 371 g/mol. The number of aliphatic hydroxyl groups excluding tert-OH is 1. The van der Waals surface area contributed by atoms with E-state index in [9.17, 15) is 9.90 Å². The van der Waals surface area contributed by atoms with Crippen molar-refractivity contribution < 1.29 is 14.6 Å². The molecule has 1 unspecified atom stereocenters. The van der Waals surface area contributed by atoms with Crippen LogP contribution in [-0.2, 0) is 11.3 Å². The number of hydrogen-bond acceptors (Lipinski definition) is 3. The van der Waals surface area contributed by atoms with Gasteiger partial charge in [0.1, 0.15) is 5.75 Å². The Morgan fingerprint density at radius 3 is 2.11 bits per heavy atom. The van der Waals surface area contributed by atoms with Crippen LogP contribution in [0.25, 0.3) is 5.57 Å². The lowest BCUT2D eigenvalue weighted by molar-refractivity contribution is -0.130. The lowest BCUT2D eigenvalue weighted by Gasteiger charge is -2.27. The highest BCUT2D eigenvalue weighted by Gasteiger charge is 2.40.